The van der Waals surface area contributed by atoms with Gasteiger partial charge in [0.15, 0.2) is 0 Å². The van der Waals surface area contributed by atoms with Gasteiger partial charge in [-0.05, 0) is 18.4 Å². The molecule has 2 amide bonds. The first-order valence-electron chi connectivity index (χ1n) is 9.61. The highest BCUT2D eigenvalue weighted by Crippen LogP contribution is 2.27. The maximum absolute atomic E-state index is 13.1. The number of carbonyl (C=O) groups is 2. The normalized spacial score (nSPS) is 24.4. The first-order chi connectivity index (χ1) is 12.4. The van der Waals surface area contributed by atoms with Crippen molar-refractivity contribution in [2.45, 2.75) is 39.7 Å². The van der Waals surface area contributed by atoms with E-state index in [1.54, 1.807) is 0 Å². The zero-order valence-electron chi connectivity index (χ0n) is 16.1. The molecule has 0 radical (unpaired) electrons. The molecule has 1 aromatic carbocycles. The van der Waals surface area contributed by atoms with E-state index in [4.69, 9.17) is 4.74 Å². The summed E-state index contributed by atoms with van der Waals surface area (Å²) in [6.07, 6.45) is 1.69. The number of rotatable bonds is 2. The lowest BCUT2D eigenvalue weighted by molar-refractivity contribution is -0.149. The molecule has 142 valence electrons. The lowest BCUT2D eigenvalue weighted by Crippen LogP contribution is -2.51. The fourth-order valence-electron chi connectivity index (χ4n) is 3.81. The molecular formula is C21H30N2O3. The van der Waals surface area contributed by atoms with Crippen LogP contribution in [0.4, 0.5) is 0 Å². The SMILES string of the molecule is CC(C)(C)C(=O)N1CCC[C@H](C(=O)N2CCO[C@H](c3ccccc3)C2)C1. The fraction of sp³-hybridized carbons (Fsp3) is 0.619. The highest BCUT2D eigenvalue weighted by atomic mass is 16.5. The molecule has 0 aromatic heterocycles. The highest BCUT2D eigenvalue weighted by Gasteiger charge is 2.36. The number of likely N-dealkylation sites (tertiary alicyclic amines) is 1. The molecule has 0 spiro atoms. The van der Waals surface area contributed by atoms with Gasteiger partial charge in [0, 0.05) is 25.0 Å². The quantitative estimate of drug-likeness (QED) is 0.817. The minimum absolute atomic E-state index is 0.0650. The third-order valence-corrected chi connectivity index (χ3v) is 5.25. The summed E-state index contributed by atoms with van der Waals surface area (Å²) in [5.41, 5.74) is 0.709. The number of morpholine rings is 1. The van der Waals surface area contributed by atoms with Crippen LogP contribution in [0, 0.1) is 11.3 Å². The van der Waals surface area contributed by atoms with Crippen molar-refractivity contribution >= 4 is 11.8 Å². The lowest BCUT2D eigenvalue weighted by Gasteiger charge is -2.39. The van der Waals surface area contributed by atoms with E-state index < -0.39 is 5.41 Å². The van der Waals surface area contributed by atoms with E-state index in [1.807, 2.05) is 60.9 Å². The van der Waals surface area contributed by atoms with Gasteiger partial charge < -0.3 is 14.5 Å². The Kier molecular flexibility index (Phi) is 5.66. The molecule has 2 fully saturated rings. The Morgan fingerprint density at radius 2 is 1.77 bits per heavy atom. The second kappa shape index (κ2) is 7.78. The molecule has 5 nitrogen and oxygen atoms in total. The standard InChI is InChI=1S/C21H30N2O3/c1-21(2,3)20(25)23-11-7-10-17(14-23)19(24)22-12-13-26-18(15-22)16-8-5-4-6-9-16/h4-6,8-9,17-18H,7,10-15H2,1-3H3/t17-,18-/m0/s1. The van der Waals surface area contributed by atoms with Gasteiger partial charge in [0.1, 0.15) is 6.10 Å². The van der Waals surface area contributed by atoms with E-state index in [9.17, 15) is 9.59 Å². The number of carbonyl (C=O) groups excluding carboxylic acids is 2. The minimum Gasteiger partial charge on any atom is -0.370 e. The Bertz CT molecular complexity index is 638. The molecule has 0 saturated carbocycles. The van der Waals surface area contributed by atoms with Crippen LogP contribution in [0.3, 0.4) is 0 Å². The van der Waals surface area contributed by atoms with Crippen LogP contribution in [-0.4, -0.2) is 54.4 Å². The number of hydrogen-bond acceptors (Lipinski definition) is 3. The second-order valence-electron chi connectivity index (χ2n) is 8.39. The third-order valence-electron chi connectivity index (χ3n) is 5.25. The summed E-state index contributed by atoms with van der Waals surface area (Å²) in [5.74, 6) is 0.212. The molecule has 2 aliphatic heterocycles. The number of amides is 2. The third kappa shape index (κ3) is 4.26. The predicted octanol–water partition coefficient (Wildman–Crippen LogP) is 2.87. The molecular weight excluding hydrogens is 328 g/mol. The van der Waals surface area contributed by atoms with E-state index in [2.05, 4.69) is 0 Å². The van der Waals surface area contributed by atoms with Crippen molar-refractivity contribution in [3.05, 3.63) is 35.9 Å². The molecule has 1 aromatic rings. The van der Waals surface area contributed by atoms with E-state index in [-0.39, 0.29) is 23.8 Å². The summed E-state index contributed by atoms with van der Waals surface area (Å²) >= 11 is 0. The van der Waals surface area contributed by atoms with E-state index >= 15 is 0 Å². The van der Waals surface area contributed by atoms with Crippen molar-refractivity contribution in [2.75, 3.05) is 32.8 Å². The van der Waals surface area contributed by atoms with Crippen molar-refractivity contribution in [1.29, 1.82) is 0 Å². The molecule has 2 aliphatic rings. The van der Waals surface area contributed by atoms with Crippen LogP contribution in [-0.2, 0) is 14.3 Å². The van der Waals surface area contributed by atoms with Crippen LogP contribution >= 0.6 is 0 Å². The van der Waals surface area contributed by atoms with Gasteiger partial charge in [0.05, 0.1) is 19.1 Å². The lowest BCUT2D eigenvalue weighted by atomic mass is 9.90. The predicted molar refractivity (Wildman–Crippen MR) is 100 cm³/mol. The van der Waals surface area contributed by atoms with Crippen LogP contribution in [0.5, 0.6) is 0 Å². The van der Waals surface area contributed by atoms with E-state index in [0.29, 0.717) is 26.2 Å². The Labute approximate surface area is 156 Å². The Morgan fingerprint density at radius 1 is 1.04 bits per heavy atom. The Hall–Kier alpha value is -1.88. The molecule has 0 aliphatic carbocycles. The number of nitrogens with zero attached hydrogens (tertiary/aromatic N) is 2. The van der Waals surface area contributed by atoms with Crippen molar-refractivity contribution in [3.63, 3.8) is 0 Å². The van der Waals surface area contributed by atoms with Crippen LogP contribution in [0.2, 0.25) is 0 Å². The number of ether oxygens (including phenoxy) is 1. The molecule has 0 bridgehead atoms. The van der Waals surface area contributed by atoms with Crippen LogP contribution in [0.25, 0.3) is 0 Å². The van der Waals surface area contributed by atoms with Gasteiger partial charge in [-0.15, -0.1) is 0 Å². The zero-order valence-corrected chi connectivity index (χ0v) is 16.1. The first-order valence-corrected chi connectivity index (χ1v) is 9.61. The number of benzene rings is 1. The summed E-state index contributed by atoms with van der Waals surface area (Å²) in [7, 11) is 0. The van der Waals surface area contributed by atoms with E-state index in [0.717, 1.165) is 24.9 Å². The average Bonchev–Trinajstić information content (AvgIpc) is 2.67. The van der Waals surface area contributed by atoms with Gasteiger partial charge >= 0.3 is 0 Å². The fourth-order valence-corrected chi connectivity index (χ4v) is 3.81. The van der Waals surface area contributed by atoms with Crippen LogP contribution in [0.1, 0.15) is 45.3 Å². The molecule has 2 atom stereocenters. The zero-order chi connectivity index (χ0) is 18.7. The molecule has 0 unspecified atom stereocenters. The summed E-state index contributed by atoms with van der Waals surface area (Å²) in [5, 5.41) is 0. The maximum Gasteiger partial charge on any atom is 0.227 e. The first kappa shape index (κ1) is 18.9. The Morgan fingerprint density at radius 3 is 2.46 bits per heavy atom. The number of hydrogen-bond donors (Lipinski definition) is 0. The molecule has 5 heteroatoms. The second-order valence-corrected chi connectivity index (χ2v) is 8.39. The summed E-state index contributed by atoms with van der Waals surface area (Å²) < 4.78 is 5.88. The van der Waals surface area contributed by atoms with E-state index in [1.165, 1.54) is 0 Å². The van der Waals surface area contributed by atoms with Crippen LogP contribution in [0.15, 0.2) is 30.3 Å². The monoisotopic (exact) mass is 358 g/mol. The van der Waals surface area contributed by atoms with Crippen LogP contribution < -0.4 is 0 Å². The van der Waals surface area contributed by atoms with Gasteiger partial charge in [0.2, 0.25) is 11.8 Å². The average molecular weight is 358 g/mol. The maximum atomic E-state index is 13.1. The van der Waals surface area contributed by atoms with Crippen molar-refractivity contribution < 1.29 is 14.3 Å². The molecule has 2 saturated heterocycles. The molecule has 2 heterocycles. The van der Waals surface area contributed by atoms with Gasteiger partial charge in [0.25, 0.3) is 0 Å². The molecule has 26 heavy (non-hydrogen) atoms. The topological polar surface area (TPSA) is 49.9 Å². The van der Waals surface area contributed by atoms with Gasteiger partial charge in [-0.3, -0.25) is 9.59 Å². The van der Waals surface area contributed by atoms with Gasteiger partial charge in [-0.1, -0.05) is 51.1 Å². The smallest absolute Gasteiger partial charge is 0.227 e. The molecule has 3 rings (SSSR count). The summed E-state index contributed by atoms with van der Waals surface area (Å²) in [6, 6.07) is 10.1. The van der Waals surface area contributed by atoms with Crippen molar-refractivity contribution in [3.8, 4) is 0 Å². The van der Waals surface area contributed by atoms with Crippen molar-refractivity contribution in [2.24, 2.45) is 11.3 Å². The van der Waals surface area contributed by atoms with Gasteiger partial charge in [-0.2, -0.15) is 0 Å². The number of piperidine rings is 1. The highest BCUT2D eigenvalue weighted by molar-refractivity contribution is 5.84. The van der Waals surface area contributed by atoms with Gasteiger partial charge in [-0.25, -0.2) is 0 Å². The molecule has 0 N–H and O–H groups in total. The van der Waals surface area contributed by atoms with Crippen molar-refractivity contribution in [1.82, 2.24) is 9.80 Å². The summed E-state index contributed by atoms with van der Waals surface area (Å²) in [4.78, 5) is 29.5. The summed E-state index contributed by atoms with van der Waals surface area (Å²) in [6.45, 7) is 8.90. The minimum atomic E-state index is -0.400. The largest absolute Gasteiger partial charge is 0.370 e. The Balaban J connectivity index is 1.64.